The van der Waals surface area contributed by atoms with Crippen molar-refractivity contribution in [2.45, 2.75) is 6.92 Å². The van der Waals surface area contributed by atoms with Crippen LogP contribution in [-0.4, -0.2) is 11.2 Å². The molecule has 0 fully saturated rings. The van der Waals surface area contributed by atoms with E-state index in [2.05, 4.69) is 34.6 Å². The van der Waals surface area contributed by atoms with E-state index in [0.29, 0.717) is 0 Å². The molecule has 5 heteroatoms. The molecular weight excluding hydrogens is 290 g/mol. The second kappa shape index (κ2) is 5.61. The number of nitrogens with one attached hydrogen (secondary N) is 1. The van der Waals surface area contributed by atoms with Crippen molar-refractivity contribution in [3.05, 3.63) is 58.6 Å². The summed E-state index contributed by atoms with van der Waals surface area (Å²) in [6, 6.07) is 13.7. The van der Waals surface area contributed by atoms with Crippen molar-refractivity contribution >= 4 is 44.5 Å². The number of aryl methyl sites for hydroxylation is 1. The molecule has 20 heavy (non-hydrogen) atoms. The molecule has 0 saturated heterocycles. The van der Waals surface area contributed by atoms with Crippen LogP contribution in [-0.2, 0) is 0 Å². The van der Waals surface area contributed by atoms with Gasteiger partial charge >= 0.3 is 0 Å². The average Bonchev–Trinajstić information content (AvgIpc) is 2.83. The van der Waals surface area contributed by atoms with Gasteiger partial charge in [0, 0.05) is 5.02 Å². The third-order valence-corrected chi connectivity index (χ3v) is 3.96. The van der Waals surface area contributed by atoms with E-state index in [-0.39, 0.29) is 0 Å². The van der Waals surface area contributed by atoms with Crippen LogP contribution in [0, 0.1) is 6.92 Å². The van der Waals surface area contributed by atoms with E-state index in [9.17, 15) is 0 Å². The highest BCUT2D eigenvalue weighted by atomic mass is 35.5. The number of anilines is 1. The van der Waals surface area contributed by atoms with Crippen molar-refractivity contribution in [1.82, 2.24) is 4.98 Å². The van der Waals surface area contributed by atoms with Gasteiger partial charge in [0.2, 0.25) is 5.13 Å². The van der Waals surface area contributed by atoms with Crippen LogP contribution in [0.25, 0.3) is 10.2 Å². The molecule has 0 unspecified atom stereocenters. The van der Waals surface area contributed by atoms with Crippen molar-refractivity contribution in [3.63, 3.8) is 0 Å². The van der Waals surface area contributed by atoms with E-state index in [4.69, 9.17) is 11.6 Å². The summed E-state index contributed by atoms with van der Waals surface area (Å²) in [6.07, 6.45) is 1.74. The molecule has 0 aliphatic rings. The van der Waals surface area contributed by atoms with Crippen LogP contribution in [0.3, 0.4) is 0 Å². The summed E-state index contributed by atoms with van der Waals surface area (Å²) in [5, 5.41) is 5.70. The number of halogens is 1. The summed E-state index contributed by atoms with van der Waals surface area (Å²) < 4.78 is 1.16. The monoisotopic (exact) mass is 301 g/mol. The Morgan fingerprint density at radius 2 is 2.00 bits per heavy atom. The number of nitrogens with zero attached hydrogens (tertiary/aromatic N) is 2. The van der Waals surface area contributed by atoms with E-state index < -0.39 is 0 Å². The Kier molecular flexibility index (Phi) is 3.67. The highest BCUT2D eigenvalue weighted by Crippen LogP contribution is 2.26. The maximum absolute atomic E-state index is 5.83. The first-order valence-electron chi connectivity index (χ1n) is 6.12. The number of fused-ring (bicyclic) bond motifs is 1. The lowest BCUT2D eigenvalue weighted by Crippen LogP contribution is -1.89. The van der Waals surface area contributed by atoms with Crippen LogP contribution in [0.1, 0.15) is 11.1 Å². The summed E-state index contributed by atoms with van der Waals surface area (Å²) in [7, 11) is 0. The van der Waals surface area contributed by atoms with Gasteiger partial charge in [0.1, 0.15) is 0 Å². The van der Waals surface area contributed by atoms with Gasteiger partial charge < -0.3 is 0 Å². The van der Waals surface area contributed by atoms with Gasteiger partial charge in [-0.1, -0.05) is 41.1 Å². The van der Waals surface area contributed by atoms with E-state index in [0.717, 1.165) is 25.9 Å². The maximum atomic E-state index is 5.83. The summed E-state index contributed by atoms with van der Waals surface area (Å²) in [6.45, 7) is 2.07. The molecule has 0 bridgehead atoms. The Hall–Kier alpha value is -1.91. The molecule has 2 aromatic carbocycles. The Labute approximate surface area is 125 Å². The fraction of sp³-hybridized carbons (Fsp3) is 0.0667. The first-order chi connectivity index (χ1) is 9.70. The van der Waals surface area contributed by atoms with Crippen LogP contribution in [0.4, 0.5) is 5.13 Å². The topological polar surface area (TPSA) is 37.3 Å². The van der Waals surface area contributed by atoms with E-state index in [1.54, 1.807) is 17.6 Å². The molecule has 1 aromatic heterocycles. The maximum Gasteiger partial charge on any atom is 0.204 e. The molecule has 0 aliphatic carbocycles. The van der Waals surface area contributed by atoms with Crippen LogP contribution in [0.5, 0.6) is 0 Å². The van der Waals surface area contributed by atoms with E-state index in [1.807, 2.05) is 30.3 Å². The fourth-order valence-electron chi connectivity index (χ4n) is 1.79. The molecule has 0 amide bonds. The van der Waals surface area contributed by atoms with Crippen molar-refractivity contribution in [2.24, 2.45) is 5.10 Å². The Balaban J connectivity index is 1.74. The van der Waals surface area contributed by atoms with Crippen LogP contribution in [0.15, 0.2) is 47.6 Å². The Morgan fingerprint density at radius 1 is 1.20 bits per heavy atom. The number of hydrogen-bond donors (Lipinski definition) is 1. The Bertz CT molecular complexity index is 762. The van der Waals surface area contributed by atoms with Crippen molar-refractivity contribution in [1.29, 1.82) is 0 Å². The zero-order valence-corrected chi connectivity index (χ0v) is 12.4. The van der Waals surface area contributed by atoms with E-state index in [1.165, 1.54) is 5.56 Å². The third kappa shape index (κ3) is 2.98. The third-order valence-electron chi connectivity index (χ3n) is 2.79. The normalized spacial score (nSPS) is 11.3. The first-order valence-corrected chi connectivity index (χ1v) is 7.32. The van der Waals surface area contributed by atoms with Crippen molar-refractivity contribution < 1.29 is 0 Å². The van der Waals surface area contributed by atoms with Gasteiger partial charge in [0.05, 0.1) is 16.4 Å². The molecule has 1 heterocycles. The molecule has 1 N–H and O–H groups in total. The predicted molar refractivity (Wildman–Crippen MR) is 87.0 cm³/mol. The van der Waals surface area contributed by atoms with Gasteiger partial charge in [0.15, 0.2) is 0 Å². The molecule has 3 nitrogen and oxygen atoms in total. The summed E-state index contributed by atoms with van der Waals surface area (Å²) in [4.78, 5) is 4.47. The second-order valence-corrected chi connectivity index (χ2v) is 5.88. The van der Waals surface area contributed by atoms with Gasteiger partial charge in [-0.3, -0.25) is 5.43 Å². The SMILES string of the molecule is Cc1ccc2nc(N/N=C\c3ccc(Cl)cc3)sc2c1. The van der Waals surface area contributed by atoms with Gasteiger partial charge in [0.25, 0.3) is 0 Å². The van der Waals surface area contributed by atoms with Gasteiger partial charge in [-0.05, 0) is 42.3 Å². The first kappa shape index (κ1) is 13.1. The number of hydrogen-bond acceptors (Lipinski definition) is 4. The smallest absolute Gasteiger partial charge is 0.204 e. The largest absolute Gasteiger partial charge is 0.253 e. The number of benzene rings is 2. The van der Waals surface area contributed by atoms with Crippen LogP contribution < -0.4 is 5.43 Å². The van der Waals surface area contributed by atoms with Gasteiger partial charge in [-0.25, -0.2) is 4.98 Å². The number of thiazole rings is 1. The number of hydrazone groups is 1. The number of aromatic nitrogens is 1. The molecule has 0 atom stereocenters. The Morgan fingerprint density at radius 3 is 2.80 bits per heavy atom. The summed E-state index contributed by atoms with van der Waals surface area (Å²) in [5.74, 6) is 0. The molecular formula is C15H12ClN3S. The average molecular weight is 302 g/mol. The molecule has 0 radical (unpaired) electrons. The molecule has 3 rings (SSSR count). The lowest BCUT2D eigenvalue weighted by molar-refractivity contribution is 1.31. The molecule has 0 saturated carbocycles. The van der Waals surface area contributed by atoms with E-state index >= 15 is 0 Å². The summed E-state index contributed by atoms with van der Waals surface area (Å²) >= 11 is 7.42. The van der Waals surface area contributed by atoms with Crippen LogP contribution in [0.2, 0.25) is 5.02 Å². The van der Waals surface area contributed by atoms with Crippen molar-refractivity contribution in [2.75, 3.05) is 5.43 Å². The lowest BCUT2D eigenvalue weighted by atomic mass is 10.2. The van der Waals surface area contributed by atoms with Crippen LogP contribution >= 0.6 is 22.9 Å². The zero-order chi connectivity index (χ0) is 13.9. The zero-order valence-electron chi connectivity index (χ0n) is 10.8. The molecule has 0 spiro atoms. The predicted octanol–water partition coefficient (Wildman–Crippen LogP) is 4.70. The summed E-state index contributed by atoms with van der Waals surface area (Å²) in [5.41, 5.74) is 6.17. The minimum absolute atomic E-state index is 0.719. The molecule has 3 aromatic rings. The second-order valence-electron chi connectivity index (χ2n) is 4.41. The highest BCUT2D eigenvalue weighted by Gasteiger charge is 2.02. The minimum atomic E-state index is 0.719. The lowest BCUT2D eigenvalue weighted by Gasteiger charge is -1.94. The molecule has 100 valence electrons. The fourth-order valence-corrected chi connectivity index (χ4v) is 2.83. The van der Waals surface area contributed by atoms with Gasteiger partial charge in [-0.2, -0.15) is 5.10 Å². The number of rotatable bonds is 3. The minimum Gasteiger partial charge on any atom is -0.253 e. The highest BCUT2D eigenvalue weighted by molar-refractivity contribution is 7.22. The standard InChI is InChI=1S/C15H12ClN3S/c1-10-2-7-13-14(8-10)20-15(18-13)19-17-9-11-3-5-12(16)6-4-11/h2-9H,1H3,(H,18,19)/b17-9-. The van der Waals surface area contributed by atoms with Gasteiger partial charge in [-0.15, -0.1) is 0 Å². The van der Waals surface area contributed by atoms with Crippen molar-refractivity contribution in [3.8, 4) is 0 Å². The molecule has 0 aliphatic heterocycles. The quantitative estimate of drug-likeness (QED) is 0.562.